The summed E-state index contributed by atoms with van der Waals surface area (Å²) in [5.74, 6) is 0.484. The van der Waals surface area contributed by atoms with Gasteiger partial charge in [-0.15, -0.1) is 10.2 Å². The molecule has 2 N–H and O–H groups in total. The van der Waals surface area contributed by atoms with Gasteiger partial charge in [0.1, 0.15) is 6.54 Å². The highest BCUT2D eigenvalue weighted by Crippen LogP contribution is 2.19. The predicted molar refractivity (Wildman–Crippen MR) is 66.5 cm³/mol. The van der Waals surface area contributed by atoms with Crippen LogP contribution in [-0.2, 0) is 11.3 Å². The Morgan fingerprint density at radius 3 is 2.56 bits per heavy atom. The summed E-state index contributed by atoms with van der Waals surface area (Å²) >= 11 is 0. The molecule has 94 valence electrons. The fraction of sp³-hybridized carbons (Fsp3) is 0.333. The Bertz CT molecular complexity index is 544. The number of aromatic nitrogens is 4. The highest BCUT2D eigenvalue weighted by atomic mass is 16.1. The topological polar surface area (TPSA) is 86.7 Å². The standard InChI is InChI=1S/C12H15N5O/c1-8(2)9-3-5-10(6-4-9)12-14-16-17(15-12)7-11(13)18/h3-6,8H,7H2,1-2H3,(H2,13,18). The number of carbonyl (C=O) groups is 1. The van der Waals surface area contributed by atoms with E-state index in [-0.39, 0.29) is 6.54 Å². The van der Waals surface area contributed by atoms with Crippen molar-refractivity contribution in [2.75, 3.05) is 0 Å². The molecule has 1 aromatic heterocycles. The van der Waals surface area contributed by atoms with Crippen LogP contribution in [-0.4, -0.2) is 26.1 Å². The summed E-state index contributed by atoms with van der Waals surface area (Å²) in [5.41, 5.74) is 7.18. The van der Waals surface area contributed by atoms with E-state index < -0.39 is 5.91 Å². The SMILES string of the molecule is CC(C)c1ccc(-c2nnn(CC(N)=O)n2)cc1. The van der Waals surface area contributed by atoms with Crippen molar-refractivity contribution in [2.24, 2.45) is 5.73 Å². The highest BCUT2D eigenvalue weighted by Gasteiger charge is 2.08. The molecule has 2 rings (SSSR count). The molecule has 1 heterocycles. The van der Waals surface area contributed by atoms with Crippen LogP contribution in [0.4, 0.5) is 0 Å². The van der Waals surface area contributed by atoms with Crippen molar-refractivity contribution in [3.63, 3.8) is 0 Å². The van der Waals surface area contributed by atoms with Gasteiger partial charge < -0.3 is 5.73 Å². The van der Waals surface area contributed by atoms with E-state index in [0.29, 0.717) is 11.7 Å². The number of primary amides is 1. The normalized spacial score (nSPS) is 10.8. The first kappa shape index (κ1) is 12.2. The van der Waals surface area contributed by atoms with Crippen LogP contribution >= 0.6 is 0 Å². The molecular formula is C12H15N5O. The van der Waals surface area contributed by atoms with Gasteiger partial charge in [0, 0.05) is 5.56 Å². The zero-order chi connectivity index (χ0) is 13.1. The summed E-state index contributed by atoms with van der Waals surface area (Å²) in [6.07, 6.45) is 0. The molecule has 0 atom stereocenters. The fourth-order valence-corrected chi connectivity index (χ4v) is 1.58. The summed E-state index contributed by atoms with van der Waals surface area (Å²) in [4.78, 5) is 11.9. The van der Waals surface area contributed by atoms with Gasteiger partial charge in [0.05, 0.1) is 0 Å². The van der Waals surface area contributed by atoms with Crippen LogP contribution < -0.4 is 5.73 Å². The maximum Gasteiger partial charge on any atom is 0.241 e. The molecule has 1 aromatic carbocycles. The Hall–Kier alpha value is -2.24. The first-order chi connectivity index (χ1) is 8.56. The number of benzene rings is 1. The monoisotopic (exact) mass is 245 g/mol. The van der Waals surface area contributed by atoms with Crippen molar-refractivity contribution in [3.8, 4) is 11.4 Å². The molecule has 0 radical (unpaired) electrons. The Kier molecular flexibility index (Phi) is 3.36. The second-order valence-electron chi connectivity index (χ2n) is 4.39. The van der Waals surface area contributed by atoms with Gasteiger partial charge >= 0.3 is 0 Å². The third-order valence-electron chi connectivity index (χ3n) is 2.59. The summed E-state index contributed by atoms with van der Waals surface area (Å²) in [6, 6.07) is 7.96. The summed E-state index contributed by atoms with van der Waals surface area (Å²) < 4.78 is 0. The molecule has 0 saturated carbocycles. The van der Waals surface area contributed by atoms with Crippen molar-refractivity contribution in [3.05, 3.63) is 29.8 Å². The van der Waals surface area contributed by atoms with Crippen molar-refractivity contribution in [1.29, 1.82) is 0 Å². The quantitative estimate of drug-likeness (QED) is 0.868. The summed E-state index contributed by atoms with van der Waals surface area (Å²) in [6.45, 7) is 4.21. The van der Waals surface area contributed by atoms with Gasteiger partial charge in [-0.3, -0.25) is 4.79 Å². The van der Waals surface area contributed by atoms with E-state index in [9.17, 15) is 4.79 Å². The number of rotatable bonds is 4. The second-order valence-corrected chi connectivity index (χ2v) is 4.39. The van der Waals surface area contributed by atoms with E-state index in [2.05, 4.69) is 29.3 Å². The molecule has 0 bridgehead atoms. The minimum absolute atomic E-state index is 0.0585. The maximum atomic E-state index is 10.7. The van der Waals surface area contributed by atoms with Gasteiger partial charge in [-0.25, -0.2) is 0 Å². The Labute approximate surface area is 105 Å². The lowest BCUT2D eigenvalue weighted by molar-refractivity contribution is -0.118. The third-order valence-corrected chi connectivity index (χ3v) is 2.59. The third kappa shape index (κ3) is 2.71. The number of tetrazole rings is 1. The molecule has 1 amide bonds. The van der Waals surface area contributed by atoms with Crippen LogP contribution in [0, 0.1) is 0 Å². The zero-order valence-corrected chi connectivity index (χ0v) is 10.4. The lowest BCUT2D eigenvalue weighted by atomic mass is 10.0. The van der Waals surface area contributed by atoms with Gasteiger partial charge in [-0.05, 0) is 16.7 Å². The van der Waals surface area contributed by atoms with Gasteiger partial charge in [0.2, 0.25) is 11.7 Å². The van der Waals surface area contributed by atoms with E-state index in [4.69, 9.17) is 5.73 Å². The molecule has 0 spiro atoms. The number of amides is 1. The van der Waals surface area contributed by atoms with Gasteiger partial charge in [-0.2, -0.15) is 4.80 Å². The van der Waals surface area contributed by atoms with Crippen LogP contribution in [0.25, 0.3) is 11.4 Å². The average Bonchev–Trinajstić information content (AvgIpc) is 2.76. The Balaban J connectivity index is 2.20. The smallest absolute Gasteiger partial charge is 0.241 e. The summed E-state index contributed by atoms with van der Waals surface area (Å²) in [5, 5.41) is 11.7. The number of hydrogen-bond donors (Lipinski definition) is 1. The minimum Gasteiger partial charge on any atom is -0.368 e. The first-order valence-electron chi connectivity index (χ1n) is 5.72. The second kappa shape index (κ2) is 4.95. The van der Waals surface area contributed by atoms with Crippen LogP contribution in [0.2, 0.25) is 0 Å². The van der Waals surface area contributed by atoms with Crippen molar-refractivity contribution in [2.45, 2.75) is 26.3 Å². The largest absolute Gasteiger partial charge is 0.368 e. The number of hydrogen-bond acceptors (Lipinski definition) is 4. The van der Waals surface area contributed by atoms with Crippen molar-refractivity contribution in [1.82, 2.24) is 20.2 Å². The summed E-state index contributed by atoms with van der Waals surface area (Å²) in [7, 11) is 0. The lowest BCUT2D eigenvalue weighted by Crippen LogP contribution is -2.20. The van der Waals surface area contributed by atoms with Crippen LogP contribution in [0.1, 0.15) is 25.3 Å². The number of nitrogens with two attached hydrogens (primary N) is 1. The number of carbonyl (C=O) groups excluding carboxylic acids is 1. The van der Waals surface area contributed by atoms with Gasteiger partial charge in [-0.1, -0.05) is 38.1 Å². The molecule has 2 aromatic rings. The minimum atomic E-state index is -0.492. The molecule has 0 fully saturated rings. The van der Waals surface area contributed by atoms with Crippen LogP contribution in [0.3, 0.4) is 0 Å². The first-order valence-corrected chi connectivity index (χ1v) is 5.72. The fourth-order valence-electron chi connectivity index (χ4n) is 1.58. The molecule has 0 aliphatic rings. The van der Waals surface area contributed by atoms with E-state index in [1.54, 1.807) is 0 Å². The molecular weight excluding hydrogens is 230 g/mol. The molecule has 6 nitrogen and oxygen atoms in total. The zero-order valence-electron chi connectivity index (χ0n) is 10.4. The van der Waals surface area contributed by atoms with Crippen LogP contribution in [0.5, 0.6) is 0 Å². The maximum absolute atomic E-state index is 10.7. The molecule has 6 heteroatoms. The average molecular weight is 245 g/mol. The Morgan fingerprint density at radius 1 is 1.33 bits per heavy atom. The van der Waals surface area contributed by atoms with Crippen LogP contribution in [0.15, 0.2) is 24.3 Å². The molecule has 0 unspecified atom stereocenters. The molecule has 0 aliphatic heterocycles. The van der Waals surface area contributed by atoms with Gasteiger partial charge in [0.15, 0.2) is 0 Å². The molecule has 18 heavy (non-hydrogen) atoms. The van der Waals surface area contributed by atoms with Crippen molar-refractivity contribution >= 4 is 5.91 Å². The molecule has 0 saturated heterocycles. The predicted octanol–water partition coefficient (Wildman–Crippen LogP) is 0.949. The lowest BCUT2D eigenvalue weighted by Gasteiger charge is -2.04. The van der Waals surface area contributed by atoms with E-state index in [0.717, 1.165) is 5.56 Å². The van der Waals surface area contributed by atoms with E-state index in [1.807, 2.05) is 24.3 Å². The van der Waals surface area contributed by atoms with Crippen molar-refractivity contribution < 1.29 is 4.79 Å². The van der Waals surface area contributed by atoms with Gasteiger partial charge in [0.25, 0.3) is 0 Å². The highest BCUT2D eigenvalue weighted by molar-refractivity contribution is 5.73. The Morgan fingerprint density at radius 2 is 2.00 bits per heavy atom. The number of nitrogens with zero attached hydrogens (tertiary/aromatic N) is 4. The van der Waals surface area contributed by atoms with E-state index >= 15 is 0 Å². The van der Waals surface area contributed by atoms with E-state index in [1.165, 1.54) is 10.4 Å². The molecule has 0 aliphatic carbocycles.